The Hall–Kier alpha value is -1.88. The number of hydrogen-bond donors (Lipinski definition) is 1. The number of nitrogens with zero attached hydrogens (tertiary/aromatic N) is 3. The van der Waals surface area contributed by atoms with Gasteiger partial charge in [0.15, 0.2) is 0 Å². The highest BCUT2D eigenvalue weighted by Gasteiger charge is 2.13. The van der Waals surface area contributed by atoms with Crippen molar-refractivity contribution in [3.05, 3.63) is 41.5 Å². The van der Waals surface area contributed by atoms with Crippen LogP contribution in [0, 0.1) is 0 Å². The molecule has 1 aliphatic rings. The summed E-state index contributed by atoms with van der Waals surface area (Å²) in [6.07, 6.45) is 3.77. The number of aryl methyl sites for hydroxylation is 1. The Balaban J connectivity index is 1.54. The quantitative estimate of drug-likeness (QED) is 0.899. The van der Waals surface area contributed by atoms with Gasteiger partial charge in [-0.25, -0.2) is 0 Å². The van der Waals surface area contributed by atoms with E-state index in [9.17, 15) is 0 Å². The molecule has 2 aromatic rings. The maximum Gasteiger partial charge on any atom is 0.149 e. The molecule has 1 aliphatic heterocycles. The molecular formula is C15H20N4O. The molecule has 0 bridgehead atoms. The van der Waals surface area contributed by atoms with E-state index in [1.807, 2.05) is 11.6 Å². The number of nitrogens with one attached hydrogen (secondary N) is 1. The van der Waals surface area contributed by atoms with Crippen molar-refractivity contribution in [2.24, 2.45) is 7.05 Å². The molecule has 0 aliphatic carbocycles. The van der Waals surface area contributed by atoms with Gasteiger partial charge in [0.05, 0.1) is 12.6 Å². The zero-order chi connectivity index (χ0) is 13.9. The number of benzene rings is 1. The summed E-state index contributed by atoms with van der Waals surface area (Å²) in [4.78, 5) is 0. The molecule has 1 aromatic heterocycles. The highest BCUT2D eigenvalue weighted by molar-refractivity contribution is 5.39. The van der Waals surface area contributed by atoms with Gasteiger partial charge in [0, 0.05) is 13.5 Å². The second kappa shape index (κ2) is 5.63. The zero-order valence-electron chi connectivity index (χ0n) is 12.0. The molecule has 1 unspecified atom stereocenters. The van der Waals surface area contributed by atoms with Crippen LogP contribution in [0.4, 0.5) is 0 Å². The Kier molecular flexibility index (Phi) is 3.69. The molecule has 3 rings (SSSR count). The average Bonchev–Trinajstić information content (AvgIpc) is 3.06. The minimum Gasteiger partial charge on any atom is -0.493 e. The van der Waals surface area contributed by atoms with Crippen LogP contribution in [0.15, 0.2) is 24.5 Å². The summed E-state index contributed by atoms with van der Waals surface area (Å²) in [6.45, 7) is 3.86. The lowest BCUT2D eigenvalue weighted by molar-refractivity contribution is 0.357. The normalized spacial score (nSPS) is 14.9. The highest BCUT2D eigenvalue weighted by Crippen LogP contribution is 2.25. The largest absolute Gasteiger partial charge is 0.493 e. The van der Waals surface area contributed by atoms with E-state index in [2.05, 4.69) is 40.6 Å². The minimum atomic E-state index is 0.209. The van der Waals surface area contributed by atoms with Gasteiger partial charge in [0.2, 0.25) is 0 Å². The number of ether oxygens (including phenoxy) is 1. The average molecular weight is 272 g/mol. The Morgan fingerprint density at radius 1 is 1.45 bits per heavy atom. The number of fused-ring (bicyclic) bond motifs is 1. The molecule has 5 heteroatoms. The minimum absolute atomic E-state index is 0.209. The standard InChI is InChI=1S/C15H20N4O/c1-11(15-18-17-10-19(15)2)16-7-5-12-3-4-14-13(9-12)6-8-20-14/h3-4,9-11,16H,5-8H2,1-2H3. The van der Waals surface area contributed by atoms with E-state index in [-0.39, 0.29) is 6.04 Å². The van der Waals surface area contributed by atoms with Crippen LogP contribution in [0.2, 0.25) is 0 Å². The van der Waals surface area contributed by atoms with Crippen molar-refractivity contribution in [3.63, 3.8) is 0 Å². The van der Waals surface area contributed by atoms with Gasteiger partial charge < -0.3 is 14.6 Å². The first-order chi connectivity index (χ1) is 9.74. The Morgan fingerprint density at radius 2 is 2.35 bits per heavy atom. The molecular weight excluding hydrogens is 252 g/mol. The van der Waals surface area contributed by atoms with Gasteiger partial charge in [-0.05, 0) is 37.1 Å². The number of aromatic nitrogens is 3. The van der Waals surface area contributed by atoms with E-state index < -0.39 is 0 Å². The molecule has 2 heterocycles. The molecule has 106 valence electrons. The zero-order valence-corrected chi connectivity index (χ0v) is 12.0. The van der Waals surface area contributed by atoms with Gasteiger partial charge in [0.1, 0.15) is 17.9 Å². The van der Waals surface area contributed by atoms with Crippen molar-refractivity contribution in [1.82, 2.24) is 20.1 Å². The van der Waals surface area contributed by atoms with Crippen molar-refractivity contribution in [1.29, 1.82) is 0 Å². The molecule has 20 heavy (non-hydrogen) atoms. The summed E-state index contributed by atoms with van der Waals surface area (Å²) < 4.78 is 7.47. The van der Waals surface area contributed by atoms with Crippen LogP contribution >= 0.6 is 0 Å². The topological polar surface area (TPSA) is 52.0 Å². The van der Waals surface area contributed by atoms with E-state index in [0.717, 1.165) is 37.6 Å². The second-order valence-electron chi connectivity index (χ2n) is 5.27. The number of hydrogen-bond acceptors (Lipinski definition) is 4. The Labute approximate surface area is 119 Å². The van der Waals surface area contributed by atoms with Gasteiger partial charge in [-0.15, -0.1) is 10.2 Å². The first-order valence-corrected chi connectivity index (χ1v) is 7.06. The van der Waals surface area contributed by atoms with Crippen molar-refractivity contribution in [3.8, 4) is 5.75 Å². The first kappa shape index (κ1) is 13.1. The molecule has 0 radical (unpaired) electrons. The van der Waals surface area contributed by atoms with Gasteiger partial charge in [0.25, 0.3) is 0 Å². The monoisotopic (exact) mass is 272 g/mol. The molecule has 0 saturated carbocycles. The van der Waals surface area contributed by atoms with Crippen LogP contribution < -0.4 is 10.1 Å². The van der Waals surface area contributed by atoms with Crippen LogP contribution in [0.3, 0.4) is 0 Å². The molecule has 1 aromatic carbocycles. The molecule has 1 N–H and O–H groups in total. The molecule has 0 spiro atoms. The van der Waals surface area contributed by atoms with Crippen LogP contribution in [0.1, 0.15) is 29.9 Å². The van der Waals surface area contributed by atoms with E-state index in [1.54, 1.807) is 6.33 Å². The van der Waals surface area contributed by atoms with Gasteiger partial charge >= 0.3 is 0 Å². The molecule has 5 nitrogen and oxygen atoms in total. The Morgan fingerprint density at radius 3 is 3.15 bits per heavy atom. The summed E-state index contributed by atoms with van der Waals surface area (Å²) in [5, 5.41) is 11.5. The van der Waals surface area contributed by atoms with Crippen LogP contribution in [-0.4, -0.2) is 27.9 Å². The van der Waals surface area contributed by atoms with Gasteiger partial charge in [-0.2, -0.15) is 0 Å². The van der Waals surface area contributed by atoms with E-state index >= 15 is 0 Å². The third kappa shape index (κ3) is 2.67. The molecule has 0 amide bonds. The van der Waals surface area contributed by atoms with Crippen LogP contribution in [-0.2, 0) is 19.9 Å². The third-order valence-electron chi connectivity index (χ3n) is 3.75. The van der Waals surface area contributed by atoms with Crippen molar-refractivity contribution >= 4 is 0 Å². The summed E-state index contributed by atoms with van der Waals surface area (Å²) in [5.41, 5.74) is 2.69. The lowest BCUT2D eigenvalue weighted by Crippen LogP contribution is -2.23. The second-order valence-corrected chi connectivity index (χ2v) is 5.27. The predicted molar refractivity (Wildman–Crippen MR) is 76.8 cm³/mol. The van der Waals surface area contributed by atoms with Gasteiger partial charge in [-0.1, -0.05) is 12.1 Å². The fraction of sp³-hybridized carbons (Fsp3) is 0.467. The van der Waals surface area contributed by atoms with Crippen molar-refractivity contribution < 1.29 is 4.74 Å². The molecule has 0 saturated heterocycles. The maximum atomic E-state index is 5.52. The fourth-order valence-corrected chi connectivity index (χ4v) is 2.60. The first-order valence-electron chi connectivity index (χ1n) is 7.06. The summed E-state index contributed by atoms with van der Waals surface area (Å²) in [5.74, 6) is 2.02. The Bertz CT molecular complexity index is 593. The van der Waals surface area contributed by atoms with Crippen LogP contribution in [0.25, 0.3) is 0 Å². The van der Waals surface area contributed by atoms with Crippen LogP contribution in [0.5, 0.6) is 5.75 Å². The highest BCUT2D eigenvalue weighted by atomic mass is 16.5. The third-order valence-corrected chi connectivity index (χ3v) is 3.75. The SMILES string of the molecule is CC(NCCc1ccc2c(c1)CCO2)c1nncn1C. The van der Waals surface area contributed by atoms with E-state index in [1.165, 1.54) is 11.1 Å². The number of rotatable bonds is 5. The van der Waals surface area contributed by atoms with Crippen molar-refractivity contribution in [2.45, 2.75) is 25.8 Å². The van der Waals surface area contributed by atoms with E-state index in [4.69, 9.17) is 4.74 Å². The fourth-order valence-electron chi connectivity index (χ4n) is 2.60. The summed E-state index contributed by atoms with van der Waals surface area (Å²) in [6, 6.07) is 6.71. The lowest BCUT2D eigenvalue weighted by Gasteiger charge is -2.13. The van der Waals surface area contributed by atoms with E-state index in [0.29, 0.717) is 0 Å². The van der Waals surface area contributed by atoms with Crippen molar-refractivity contribution in [2.75, 3.05) is 13.2 Å². The predicted octanol–water partition coefficient (Wildman–Crippen LogP) is 1.64. The molecule has 0 fully saturated rings. The maximum absolute atomic E-state index is 5.52. The molecule has 1 atom stereocenters. The summed E-state index contributed by atoms with van der Waals surface area (Å²) >= 11 is 0. The van der Waals surface area contributed by atoms with Gasteiger partial charge in [-0.3, -0.25) is 0 Å². The lowest BCUT2D eigenvalue weighted by atomic mass is 10.1. The smallest absolute Gasteiger partial charge is 0.149 e. The summed E-state index contributed by atoms with van der Waals surface area (Å²) in [7, 11) is 1.97.